The molecule has 22 heavy (non-hydrogen) atoms. The molecule has 114 valence electrons. The average molecular weight is 313 g/mol. The third-order valence-corrected chi connectivity index (χ3v) is 4.30. The van der Waals surface area contributed by atoms with Gasteiger partial charge in [0.25, 0.3) is 0 Å². The summed E-state index contributed by atoms with van der Waals surface area (Å²) in [5.41, 5.74) is 3.12. The van der Waals surface area contributed by atoms with Crippen molar-refractivity contribution in [2.75, 3.05) is 0 Å². The molecule has 0 aliphatic carbocycles. The lowest BCUT2D eigenvalue weighted by Crippen LogP contribution is -2.24. The Hall–Kier alpha value is -2.14. The molecule has 1 N–H and O–H groups in total. The van der Waals surface area contributed by atoms with Gasteiger partial charge in [0.05, 0.1) is 24.2 Å². The van der Waals surface area contributed by atoms with Crippen molar-refractivity contribution in [1.82, 2.24) is 15.1 Å². The summed E-state index contributed by atoms with van der Waals surface area (Å²) in [6.45, 7) is 3.50. The Morgan fingerprint density at radius 2 is 2.18 bits per heavy atom. The Balaban J connectivity index is 1.72. The second-order valence-corrected chi connectivity index (χ2v) is 6.05. The maximum Gasteiger partial charge on any atom is 0.224 e. The molecule has 1 amide bonds. The molecule has 2 heterocycles. The summed E-state index contributed by atoms with van der Waals surface area (Å²) in [5.74, 6) is 0.0347. The lowest BCUT2D eigenvalue weighted by Gasteiger charge is -2.02. The molecule has 3 aromatic rings. The smallest absolute Gasteiger partial charge is 0.224 e. The average Bonchev–Trinajstić information content (AvgIpc) is 3.14. The minimum absolute atomic E-state index is 0.0347. The molecule has 2 aromatic heterocycles. The fourth-order valence-electron chi connectivity index (χ4n) is 2.53. The molecule has 0 aliphatic heterocycles. The lowest BCUT2D eigenvalue weighted by atomic mass is 10.2. The Morgan fingerprint density at radius 3 is 2.95 bits per heavy atom. The standard InChI is InChI=1S/C17H19N3OS/c1-2-8-20-16-6-4-3-5-14(16)15(19-20)11-18-17(21)10-13-7-9-22-12-13/h3-7,9,12H,2,8,10-11H2,1H3,(H,18,21). The third-order valence-electron chi connectivity index (χ3n) is 3.57. The number of hydrogen-bond donors (Lipinski definition) is 1. The van der Waals surface area contributed by atoms with Crippen molar-refractivity contribution in [2.45, 2.75) is 32.9 Å². The van der Waals surface area contributed by atoms with E-state index < -0.39 is 0 Å². The number of carbonyl (C=O) groups is 1. The number of benzene rings is 1. The van der Waals surface area contributed by atoms with E-state index in [1.807, 2.05) is 33.6 Å². The van der Waals surface area contributed by atoms with E-state index >= 15 is 0 Å². The molecule has 0 fully saturated rings. The molecule has 0 unspecified atom stereocenters. The van der Waals surface area contributed by atoms with Crippen LogP contribution in [0.5, 0.6) is 0 Å². The number of nitrogens with one attached hydrogen (secondary N) is 1. The Morgan fingerprint density at radius 1 is 1.32 bits per heavy atom. The van der Waals surface area contributed by atoms with Crippen molar-refractivity contribution in [3.05, 3.63) is 52.3 Å². The van der Waals surface area contributed by atoms with Gasteiger partial charge in [-0.3, -0.25) is 9.48 Å². The minimum Gasteiger partial charge on any atom is -0.350 e. The number of rotatable bonds is 6. The van der Waals surface area contributed by atoms with E-state index in [0.717, 1.165) is 35.1 Å². The van der Waals surface area contributed by atoms with Gasteiger partial charge >= 0.3 is 0 Å². The highest BCUT2D eigenvalue weighted by Gasteiger charge is 2.11. The molecule has 0 radical (unpaired) electrons. The molecule has 5 heteroatoms. The van der Waals surface area contributed by atoms with Crippen molar-refractivity contribution in [1.29, 1.82) is 0 Å². The van der Waals surface area contributed by atoms with Crippen LogP contribution in [-0.2, 0) is 24.3 Å². The molecule has 0 saturated carbocycles. The van der Waals surface area contributed by atoms with E-state index in [9.17, 15) is 4.79 Å². The van der Waals surface area contributed by atoms with Crippen LogP contribution in [0, 0.1) is 0 Å². The van der Waals surface area contributed by atoms with Gasteiger partial charge < -0.3 is 5.32 Å². The summed E-state index contributed by atoms with van der Waals surface area (Å²) < 4.78 is 2.02. The van der Waals surface area contributed by atoms with Crippen molar-refractivity contribution in [3.63, 3.8) is 0 Å². The zero-order valence-corrected chi connectivity index (χ0v) is 13.4. The predicted molar refractivity (Wildman–Crippen MR) is 89.9 cm³/mol. The van der Waals surface area contributed by atoms with Crippen LogP contribution in [-0.4, -0.2) is 15.7 Å². The molecule has 0 atom stereocenters. The number of nitrogens with zero attached hydrogens (tertiary/aromatic N) is 2. The van der Waals surface area contributed by atoms with Gasteiger partial charge in [-0.15, -0.1) is 0 Å². The van der Waals surface area contributed by atoms with Crippen molar-refractivity contribution in [2.24, 2.45) is 0 Å². The first-order valence-electron chi connectivity index (χ1n) is 7.50. The van der Waals surface area contributed by atoms with Crippen LogP contribution in [0.25, 0.3) is 10.9 Å². The first-order chi connectivity index (χ1) is 10.8. The van der Waals surface area contributed by atoms with Gasteiger partial charge in [-0.25, -0.2) is 0 Å². The molecule has 0 bridgehead atoms. The van der Waals surface area contributed by atoms with Crippen LogP contribution in [0.4, 0.5) is 0 Å². The first-order valence-corrected chi connectivity index (χ1v) is 8.44. The SMILES string of the molecule is CCCn1nc(CNC(=O)Cc2ccsc2)c2ccccc21. The fourth-order valence-corrected chi connectivity index (χ4v) is 3.20. The quantitative estimate of drug-likeness (QED) is 0.758. The van der Waals surface area contributed by atoms with Crippen LogP contribution in [0.1, 0.15) is 24.6 Å². The van der Waals surface area contributed by atoms with Gasteiger partial charge in [0.1, 0.15) is 0 Å². The number of amides is 1. The molecular formula is C17H19N3OS. The van der Waals surface area contributed by atoms with Crippen molar-refractivity contribution >= 4 is 28.1 Å². The summed E-state index contributed by atoms with van der Waals surface area (Å²) >= 11 is 1.61. The minimum atomic E-state index is 0.0347. The largest absolute Gasteiger partial charge is 0.350 e. The van der Waals surface area contributed by atoms with Gasteiger partial charge in [0.2, 0.25) is 5.91 Å². The molecule has 3 rings (SSSR count). The molecule has 0 saturated heterocycles. The monoisotopic (exact) mass is 313 g/mol. The molecule has 4 nitrogen and oxygen atoms in total. The number of carbonyl (C=O) groups excluding carboxylic acids is 1. The van der Waals surface area contributed by atoms with Gasteiger partial charge in [-0.05, 0) is 34.9 Å². The Labute approximate surface area is 133 Å². The van der Waals surface area contributed by atoms with Crippen LogP contribution in [0.2, 0.25) is 0 Å². The number of hydrogen-bond acceptors (Lipinski definition) is 3. The summed E-state index contributed by atoms with van der Waals surface area (Å²) in [6, 6.07) is 10.2. The van der Waals surface area contributed by atoms with Crippen LogP contribution in [0.3, 0.4) is 0 Å². The lowest BCUT2D eigenvalue weighted by molar-refractivity contribution is -0.120. The summed E-state index contributed by atoms with van der Waals surface area (Å²) in [5, 5.41) is 12.7. The van der Waals surface area contributed by atoms with E-state index in [-0.39, 0.29) is 5.91 Å². The van der Waals surface area contributed by atoms with Gasteiger partial charge in [-0.2, -0.15) is 16.4 Å². The maximum absolute atomic E-state index is 12.0. The van der Waals surface area contributed by atoms with Crippen molar-refractivity contribution < 1.29 is 4.79 Å². The van der Waals surface area contributed by atoms with Gasteiger partial charge in [-0.1, -0.05) is 25.1 Å². The summed E-state index contributed by atoms with van der Waals surface area (Å²) in [6.07, 6.45) is 1.47. The number of aromatic nitrogens is 2. The highest BCUT2D eigenvalue weighted by molar-refractivity contribution is 7.07. The topological polar surface area (TPSA) is 46.9 Å². The number of fused-ring (bicyclic) bond motifs is 1. The number of para-hydroxylation sites is 1. The van der Waals surface area contributed by atoms with Gasteiger partial charge in [0.15, 0.2) is 0 Å². The summed E-state index contributed by atoms with van der Waals surface area (Å²) in [4.78, 5) is 12.0. The second-order valence-electron chi connectivity index (χ2n) is 5.27. The van der Waals surface area contributed by atoms with E-state index in [1.165, 1.54) is 0 Å². The normalized spacial score (nSPS) is 11.0. The Kier molecular flexibility index (Phi) is 4.53. The third kappa shape index (κ3) is 3.20. The maximum atomic E-state index is 12.0. The highest BCUT2D eigenvalue weighted by Crippen LogP contribution is 2.18. The van der Waals surface area contributed by atoms with E-state index in [4.69, 9.17) is 0 Å². The fraction of sp³-hybridized carbons (Fsp3) is 0.294. The van der Waals surface area contributed by atoms with Crippen LogP contribution in [0.15, 0.2) is 41.1 Å². The number of thiophene rings is 1. The van der Waals surface area contributed by atoms with Crippen LogP contribution < -0.4 is 5.32 Å². The predicted octanol–water partition coefficient (Wildman–Crippen LogP) is 3.37. The summed E-state index contributed by atoms with van der Waals surface area (Å²) in [7, 11) is 0. The van der Waals surface area contributed by atoms with Gasteiger partial charge in [0, 0.05) is 11.9 Å². The molecule has 0 spiro atoms. The number of aryl methyl sites for hydroxylation is 1. The highest BCUT2D eigenvalue weighted by atomic mass is 32.1. The van der Waals surface area contributed by atoms with E-state index in [0.29, 0.717) is 13.0 Å². The first kappa shape index (κ1) is 14.8. The Bertz CT molecular complexity index is 761. The molecule has 1 aromatic carbocycles. The zero-order valence-electron chi connectivity index (χ0n) is 12.6. The molecule has 0 aliphatic rings. The van der Waals surface area contributed by atoms with E-state index in [1.54, 1.807) is 11.3 Å². The second kappa shape index (κ2) is 6.75. The van der Waals surface area contributed by atoms with Crippen molar-refractivity contribution in [3.8, 4) is 0 Å². The molecular weight excluding hydrogens is 294 g/mol. The van der Waals surface area contributed by atoms with E-state index in [2.05, 4.69) is 29.5 Å². The zero-order chi connectivity index (χ0) is 15.4. The van der Waals surface area contributed by atoms with Crippen LogP contribution >= 0.6 is 11.3 Å².